The van der Waals surface area contributed by atoms with Crippen LogP contribution in [0, 0.1) is 0 Å². The van der Waals surface area contributed by atoms with E-state index < -0.39 is 0 Å². The predicted octanol–water partition coefficient (Wildman–Crippen LogP) is 4.37. The van der Waals surface area contributed by atoms with Crippen LogP contribution in [0.2, 0.25) is 0 Å². The van der Waals surface area contributed by atoms with Crippen molar-refractivity contribution in [3.8, 4) is 11.5 Å². The summed E-state index contributed by atoms with van der Waals surface area (Å²) in [4.78, 5) is 4.63. The maximum Gasteiger partial charge on any atom is 0.191 e. The first kappa shape index (κ1) is 22.9. The standard InChI is InChI=1S/C22H27N3O3.HI/c1-4-23-22(25-15-18-14-17-7-5-6-8-19(17)28-18)24-12-11-16-9-10-20(26-2)21(13-16)27-3;/h5-10,13-14H,4,11-12,15H2,1-3H3,(H2,23,24,25);1H. The Morgan fingerprint density at radius 1 is 1.00 bits per heavy atom. The highest BCUT2D eigenvalue weighted by Crippen LogP contribution is 2.27. The number of fused-ring (bicyclic) bond motifs is 1. The number of methoxy groups -OCH3 is 2. The van der Waals surface area contributed by atoms with Crippen LogP contribution in [0.5, 0.6) is 11.5 Å². The van der Waals surface area contributed by atoms with Crippen LogP contribution in [0.4, 0.5) is 0 Å². The van der Waals surface area contributed by atoms with Gasteiger partial charge in [-0.3, -0.25) is 0 Å². The van der Waals surface area contributed by atoms with Crippen molar-refractivity contribution in [3.63, 3.8) is 0 Å². The minimum Gasteiger partial charge on any atom is -0.493 e. The van der Waals surface area contributed by atoms with Gasteiger partial charge in [0.05, 0.1) is 14.2 Å². The van der Waals surface area contributed by atoms with Crippen molar-refractivity contribution in [1.29, 1.82) is 0 Å². The summed E-state index contributed by atoms with van der Waals surface area (Å²) >= 11 is 0. The molecule has 0 aliphatic heterocycles. The van der Waals surface area contributed by atoms with Gasteiger partial charge in [-0.15, -0.1) is 24.0 Å². The van der Waals surface area contributed by atoms with Gasteiger partial charge in [0.1, 0.15) is 17.9 Å². The molecule has 0 radical (unpaired) electrons. The van der Waals surface area contributed by atoms with Gasteiger partial charge in [-0.2, -0.15) is 0 Å². The van der Waals surface area contributed by atoms with Crippen LogP contribution < -0.4 is 20.1 Å². The lowest BCUT2D eigenvalue weighted by atomic mass is 10.1. The Labute approximate surface area is 188 Å². The van der Waals surface area contributed by atoms with E-state index in [1.54, 1.807) is 14.2 Å². The van der Waals surface area contributed by atoms with Crippen molar-refractivity contribution in [2.45, 2.75) is 19.9 Å². The molecule has 0 atom stereocenters. The van der Waals surface area contributed by atoms with Crippen molar-refractivity contribution in [3.05, 3.63) is 59.9 Å². The van der Waals surface area contributed by atoms with E-state index in [-0.39, 0.29) is 24.0 Å². The highest BCUT2D eigenvalue weighted by Gasteiger charge is 2.06. The van der Waals surface area contributed by atoms with E-state index in [2.05, 4.69) is 15.6 Å². The molecule has 2 N–H and O–H groups in total. The van der Waals surface area contributed by atoms with Crippen molar-refractivity contribution >= 4 is 40.9 Å². The SMILES string of the molecule is CCNC(=NCc1cc2ccccc2o1)NCCc1ccc(OC)c(OC)c1.I. The third kappa shape index (κ3) is 6.28. The van der Waals surface area contributed by atoms with Gasteiger partial charge in [0.15, 0.2) is 17.5 Å². The maximum absolute atomic E-state index is 5.83. The molecule has 1 aromatic heterocycles. The van der Waals surface area contributed by atoms with E-state index in [4.69, 9.17) is 13.9 Å². The van der Waals surface area contributed by atoms with Gasteiger partial charge in [-0.1, -0.05) is 24.3 Å². The summed E-state index contributed by atoms with van der Waals surface area (Å²) in [6.45, 7) is 4.08. The molecule has 29 heavy (non-hydrogen) atoms. The van der Waals surface area contributed by atoms with E-state index in [0.29, 0.717) is 6.54 Å². The molecule has 3 aromatic rings. The highest BCUT2D eigenvalue weighted by molar-refractivity contribution is 14.0. The van der Waals surface area contributed by atoms with Gasteiger partial charge in [0.2, 0.25) is 0 Å². The Hall–Kier alpha value is -2.42. The Kier molecular flexibility index (Phi) is 9.11. The molecule has 7 heteroatoms. The number of guanidine groups is 1. The number of benzene rings is 2. The number of halogens is 1. The van der Waals surface area contributed by atoms with Gasteiger partial charge in [-0.05, 0) is 43.2 Å². The molecule has 2 aromatic carbocycles. The summed E-state index contributed by atoms with van der Waals surface area (Å²) in [6, 6.07) is 16.0. The largest absolute Gasteiger partial charge is 0.493 e. The molecule has 0 amide bonds. The summed E-state index contributed by atoms with van der Waals surface area (Å²) in [6.07, 6.45) is 0.843. The van der Waals surface area contributed by atoms with E-state index in [1.807, 2.05) is 55.5 Å². The fourth-order valence-electron chi connectivity index (χ4n) is 2.97. The number of hydrogen-bond donors (Lipinski definition) is 2. The second-order valence-corrected chi connectivity index (χ2v) is 6.31. The fourth-order valence-corrected chi connectivity index (χ4v) is 2.97. The van der Waals surface area contributed by atoms with Crippen molar-refractivity contribution in [2.75, 3.05) is 27.3 Å². The molecule has 0 unspecified atom stereocenters. The molecule has 156 valence electrons. The lowest BCUT2D eigenvalue weighted by molar-refractivity contribution is 0.354. The van der Waals surface area contributed by atoms with E-state index in [9.17, 15) is 0 Å². The molecule has 0 spiro atoms. The van der Waals surface area contributed by atoms with Crippen LogP contribution in [0.15, 0.2) is 57.9 Å². The zero-order valence-corrected chi connectivity index (χ0v) is 19.4. The van der Waals surface area contributed by atoms with Crippen LogP contribution in [0.3, 0.4) is 0 Å². The monoisotopic (exact) mass is 509 g/mol. The summed E-state index contributed by atoms with van der Waals surface area (Å²) in [5, 5.41) is 7.73. The Bertz CT molecular complexity index is 907. The molecule has 3 rings (SSSR count). The molecule has 0 saturated carbocycles. The third-order valence-corrected chi connectivity index (χ3v) is 4.37. The van der Waals surface area contributed by atoms with Crippen LogP contribution in [-0.4, -0.2) is 33.3 Å². The first-order valence-corrected chi connectivity index (χ1v) is 9.44. The summed E-state index contributed by atoms with van der Waals surface area (Å²) in [5.74, 6) is 3.09. The van der Waals surface area contributed by atoms with E-state index in [0.717, 1.165) is 53.7 Å². The minimum atomic E-state index is 0. The van der Waals surface area contributed by atoms with Gasteiger partial charge in [-0.25, -0.2) is 4.99 Å². The smallest absolute Gasteiger partial charge is 0.191 e. The normalized spacial score (nSPS) is 11.1. The van der Waals surface area contributed by atoms with E-state index in [1.165, 1.54) is 5.56 Å². The molecular weight excluding hydrogens is 481 g/mol. The molecule has 0 bridgehead atoms. The Morgan fingerprint density at radius 2 is 1.79 bits per heavy atom. The number of hydrogen-bond acceptors (Lipinski definition) is 4. The van der Waals surface area contributed by atoms with Gasteiger partial charge >= 0.3 is 0 Å². The van der Waals surface area contributed by atoms with Crippen molar-refractivity contribution in [1.82, 2.24) is 10.6 Å². The number of aliphatic imine (C=N–C) groups is 1. The summed E-state index contributed by atoms with van der Waals surface area (Å²) < 4.78 is 16.5. The number of furan rings is 1. The number of para-hydroxylation sites is 1. The lowest BCUT2D eigenvalue weighted by Gasteiger charge is -2.12. The minimum absolute atomic E-state index is 0. The molecule has 0 aliphatic carbocycles. The Balaban J connectivity index is 0.00000300. The van der Waals surface area contributed by atoms with Gasteiger partial charge < -0.3 is 24.5 Å². The maximum atomic E-state index is 5.83. The van der Waals surface area contributed by atoms with Crippen LogP contribution >= 0.6 is 24.0 Å². The van der Waals surface area contributed by atoms with Crippen LogP contribution in [-0.2, 0) is 13.0 Å². The fraction of sp³-hybridized carbons (Fsp3) is 0.318. The zero-order valence-electron chi connectivity index (χ0n) is 17.0. The predicted molar refractivity (Wildman–Crippen MR) is 128 cm³/mol. The average Bonchev–Trinajstić information content (AvgIpc) is 3.15. The topological polar surface area (TPSA) is 68.0 Å². The number of nitrogens with zero attached hydrogens (tertiary/aromatic N) is 1. The van der Waals surface area contributed by atoms with Crippen LogP contribution in [0.1, 0.15) is 18.2 Å². The van der Waals surface area contributed by atoms with Crippen molar-refractivity contribution < 1.29 is 13.9 Å². The molecular formula is C22H28IN3O3. The quantitative estimate of drug-likeness (QED) is 0.268. The molecule has 1 heterocycles. The van der Waals surface area contributed by atoms with E-state index >= 15 is 0 Å². The summed E-state index contributed by atoms with van der Waals surface area (Å²) in [5.41, 5.74) is 2.05. The average molecular weight is 509 g/mol. The van der Waals surface area contributed by atoms with Crippen molar-refractivity contribution in [2.24, 2.45) is 4.99 Å². The lowest BCUT2D eigenvalue weighted by Crippen LogP contribution is -2.38. The third-order valence-electron chi connectivity index (χ3n) is 4.37. The molecule has 6 nitrogen and oxygen atoms in total. The molecule has 0 aliphatic rings. The van der Waals surface area contributed by atoms with Gasteiger partial charge in [0.25, 0.3) is 0 Å². The summed E-state index contributed by atoms with van der Waals surface area (Å²) in [7, 11) is 3.29. The number of nitrogens with one attached hydrogen (secondary N) is 2. The van der Waals surface area contributed by atoms with Crippen LogP contribution in [0.25, 0.3) is 11.0 Å². The second kappa shape index (κ2) is 11.5. The highest BCUT2D eigenvalue weighted by atomic mass is 127. The molecule has 0 fully saturated rings. The second-order valence-electron chi connectivity index (χ2n) is 6.31. The first-order chi connectivity index (χ1) is 13.7. The molecule has 0 saturated heterocycles. The number of ether oxygens (including phenoxy) is 2. The first-order valence-electron chi connectivity index (χ1n) is 9.44. The Morgan fingerprint density at radius 3 is 2.52 bits per heavy atom. The zero-order chi connectivity index (χ0) is 19.8. The van der Waals surface area contributed by atoms with Gasteiger partial charge in [0, 0.05) is 18.5 Å². The number of rotatable bonds is 8.